The number of esters is 1. The summed E-state index contributed by atoms with van der Waals surface area (Å²) in [6.07, 6.45) is 0.950. The van der Waals surface area contributed by atoms with Gasteiger partial charge in [-0.05, 0) is 25.5 Å². The molecule has 0 aliphatic rings. The fourth-order valence-corrected chi connectivity index (χ4v) is 1.99. The van der Waals surface area contributed by atoms with Gasteiger partial charge in [0.05, 0.1) is 19.6 Å². The van der Waals surface area contributed by atoms with Crippen molar-refractivity contribution >= 4 is 29.2 Å². The van der Waals surface area contributed by atoms with Crippen LogP contribution in [0.4, 0.5) is 0 Å². The molecule has 0 N–H and O–H groups in total. The highest BCUT2D eigenvalue weighted by atomic mass is 35.5. The van der Waals surface area contributed by atoms with Crippen molar-refractivity contribution in [3.8, 4) is 5.75 Å². The Balaban J connectivity index is 2.95. The number of hydrogen-bond donors (Lipinski definition) is 0. The lowest BCUT2D eigenvalue weighted by molar-refractivity contribution is -0.142. The highest BCUT2D eigenvalue weighted by Crippen LogP contribution is 2.31. The molecule has 3 nitrogen and oxygen atoms in total. The van der Waals surface area contributed by atoms with Gasteiger partial charge in [0.2, 0.25) is 0 Å². The third kappa shape index (κ3) is 4.39. The molecule has 0 unspecified atom stereocenters. The molecular weight excluding hydrogens is 275 g/mol. The Morgan fingerprint density at radius 2 is 2.00 bits per heavy atom. The number of halogens is 2. The molecule has 0 atom stereocenters. The maximum absolute atomic E-state index is 11.5. The van der Waals surface area contributed by atoms with E-state index < -0.39 is 0 Å². The summed E-state index contributed by atoms with van der Waals surface area (Å²) in [6, 6.07) is 3.26. The predicted octanol–water partition coefficient (Wildman–Crippen LogP) is 3.89. The van der Waals surface area contributed by atoms with Crippen molar-refractivity contribution in [2.75, 3.05) is 13.2 Å². The summed E-state index contributed by atoms with van der Waals surface area (Å²) in [7, 11) is 0. The molecule has 0 bridgehead atoms. The lowest BCUT2D eigenvalue weighted by Crippen LogP contribution is -2.10. The van der Waals surface area contributed by atoms with Gasteiger partial charge in [-0.15, -0.1) is 0 Å². The molecule has 0 heterocycles. The molecule has 0 amide bonds. The fourth-order valence-electron chi connectivity index (χ4n) is 1.45. The number of ether oxygens (including phenoxy) is 2. The summed E-state index contributed by atoms with van der Waals surface area (Å²) in [6.45, 7) is 4.65. The van der Waals surface area contributed by atoms with Crippen LogP contribution in [-0.2, 0) is 16.0 Å². The summed E-state index contributed by atoms with van der Waals surface area (Å²) in [5.74, 6) is 0.213. The Morgan fingerprint density at radius 1 is 1.28 bits per heavy atom. The van der Waals surface area contributed by atoms with E-state index in [1.54, 1.807) is 19.1 Å². The number of rotatable bonds is 6. The van der Waals surface area contributed by atoms with Crippen LogP contribution >= 0.6 is 23.2 Å². The third-order valence-corrected chi connectivity index (χ3v) is 2.76. The topological polar surface area (TPSA) is 35.5 Å². The Labute approximate surface area is 117 Å². The van der Waals surface area contributed by atoms with Crippen LogP contribution < -0.4 is 4.74 Å². The summed E-state index contributed by atoms with van der Waals surface area (Å²) in [5, 5.41) is 0.903. The van der Waals surface area contributed by atoms with E-state index in [0.29, 0.717) is 34.6 Å². The second-order valence-corrected chi connectivity index (χ2v) is 4.54. The molecule has 5 heteroatoms. The Hall–Kier alpha value is -0.930. The molecule has 100 valence electrons. The van der Waals surface area contributed by atoms with E-state index in [1.807, 2.05) is 6.92 Å². The van der Waals surface area contributed by atoms with E-state index in [2.05, 4.69) is 0 Å². The van der Waals surface area contributed by atoms with Crippen LogP contribution in [0.5, 0.6) is 5.75 Å². The van der Waals surface area contributed by atoms with Gasteiger partial charge in [0.25, 0.3) is 0 Å². The van der Waals surface area contributed by atoms with Crippen LogP contribution in [0.1, 0.15) is 25.8 Å². The van der Waals surface area contributed by atoms with Gasteiger partial charge in [-0.25, -0.2) is 0 Å². The first-order chi connectivity index (χ1) is 8.58. The van der Waals surface area contributed by atoms with Gasteiger partial charge in [-0.2, -0.15) is 0 Å². The molecule has 0 aromatic heterocycles. The van der Waals surface area contributed by atoms with E-state index >= 15 is 0 Å². The maximum atomic E-state index is 11.5. The SMILES string of the molecule is CCCOc1cc(Cl)cc(Cl)c1CC(=O)OCC. The summed E-state index contributed by atoms with van der Waals surface area (Å²) in [4.78, 5) is 11.5. The van der Waals surface area contributed by atoms with Crippen molar-refractivity contribution < 1.29 is 14.3 Å². The molecule has 0 fully saturated rings. The predicted molar refractivity (Wildman–Crippen MR) is 72.6 cm³/mol. The van der Waals surface area contributed by atoms with Gasteiger partial charge in [-0.3, -0.25) is 4.79 Å². The normalized spacial score (nSPS) is 10.2. The molecule has 0 aliphatic carbocycles. The highest BCUT2D eigenvalue weighted by Gasteiger charge is 2.15. The number of benzene rings is 1. The lowest BCUT2D eigenvalue weighted by Gasteiger charge is -2.12. The number of carbonyl (C=O) groups is 1. The van der Waals surface area contributed by atoms with Crippen LogP contribution in [0.25, 0.3) is 0 Å². The smallest absolute Gasteiger partial charge is 0.310 e. The molecule has 0 saturated heterocycles. The van der Waals surface area contributed by atoms with E-state index in [1.165, 1.54) is 0 Å². The first-order valence-electron chi connectivity index (χ1n) is 5.84. The standard InChI is InChI=1S/C13H16Cl2O3/c1-3-5-18-12-7-9(14)6-11(15)10(12)8-13(16)17-4-2/h6-7H,3-5,8H2,1-2H3. The summed E-state index contributed by atoms with van der Waals surface area (Å²) < 4.78 is 10.5. The Morgan fingerprint density at radius 3 is 2.61 bits per heavy atom. The van der Waals surface area contributed by atoms with Gasteiger partial charge in [0.15, 0.2) is 0 Å². The average Bonchev–Trinajstić information content (AvgIpc) is 2.30. The van der Waals surface area contributed by atoms with Gasteiger partial charge in [0.1, 0.15) is 5.75 Å². The van der Waals surface area contributed by atoms with E-state index in [4.69, 9.17) is 32.7 Å². The van der Waals surface area contributed by atoms with Crippen LogP contribution in [0.15, 0.2) is 12.1 Å². The Kier molecular flexibility index (Phi) is 6.30. The second-order valence-electron chi connectivity index (χ2n) is 3.69. The minimum absolute atomic E-state index is 0.0862. The molecule has 0 radical (unpaired) electrons. The van der Waals surface area contributed by atoms with E-state index in [9.17, 15) is 4.79 Å². The van der Waals surface area contributed by atoms with Gasteiger partial charge >= 0.3 is 5.97 Å². The second kappa shape index (κ2) is 7.49. The van der Waals surface area contributed by atoms with Crippen molar-refractivity contribution in [2.45, 2.75) is 26.7 Å². The van der Waals surface area contributed by atoms with Crippen molar-refractivity contribution in [2.24, 2.45) is 0 Å². The average molecular weight is 291 g/mol. The van der Waals surface area contributed by atoms with Crippen molar-refractivity contribution in [3.05, 3.63) is 27.7 Å². The number of carbonyl (C=O) groups excluding carboxylic acids is 1. The largest absolute Gasteiger partial charge is 0.493 e. The summed E-state index contributed by atoms with van der Waals surface area (Å²) >= 11 is 12.0. The monoisotopic (exact) mass is 290 g/mol. The molecule has 1 rings (SSSR count). The fraction of sp³-hybridized carbons (Fsp3) is 0.462. The first kappa shape index (κ1) is 15.1. The van der Waals surface area contributed by atoms with Crippen LogP contribution in [0.2, 0.25) is 10.0 Å². The van der Waals surface area contributed by atoms with Crippen molar-refractivity contribution in [1.82, 2.24) is 0 Å². The molecule has 0 saturated carbocycles. The van der Waals surface area contributed by atoms with Crippen molar-refractivity contribution in [3.63, 3.8) is 0 Å². The zero-order valence-corrected chi connectivity index (χ0v) is 12.0. The highest BCUT2D eigenvalue weighted by molar-refractivity contribution is 6.35. The summed E-state index contributed by atoms with van der Waals surface area (Å²) in [5.41, 5.74) is 0.618. The molecule has 18 heavy (non-hydrogen) atoms. The quantitative estimate of drug-likeness (QED) is 0.746. The minimum Gasteiger partial charge on any atom is -0.493 e. The van der Waals surface area contributed by atoms with Gasteiger partial charge in [0, 0.05) is 15.6 Å². The number of hydrogen-bond acceptors (Lipinski definition) is 3. The Bertz CT molecular complexity index is 419. The van der Waals surface area contributed by atoms with Gasteiger partial charge < -0.3 is 9.47 Å². The molecular formula is C13H16Cl2O3. The maximum Gasteiger partial charge on any atom is 0.310 e. The van der Waals surface area contributed by atoms with E-state index in [0.717, 1.165) is 6.42 Å². The zero-order valence-electron chi connectivity index (χ0n) is 10.5. The van der Waals surface area contributed by atoms with E-state index in [-0.39, 0.29) is 12.4 Å². The molecule has 0 spiro atoms. The van der Waals surface area contributed by atoms with Crippen LogP contribution in [0.3, 0.4) is 0 Å². The van der Waals surface area contributed by atoms with Crippen LogP contribution in [0, 0.1) is 0 Å². The van der Waals surface area contributed by atoms with Gasteiger partial charge in [-0.1, -0.05) is 30.1 Å². The van der Waals surface area contributed by atoms with Crippen LogP contribution in [-0.4, -0.2) is 19.2 Å². The third-order valence-electron chi connectivity index (χ3n) is 2.21. The minimum atomic E-state index is -0.330. The lowest BCUT2D eigenvalue weighted by atomic mass is 10.1. The van der Waals surface area contributed by atoms with Crippen molar-refractivity contribution in [1.29, 1.82) is 0 Å². The first-order valence-corrected chi connectivity index (χ1v) is 6.60. The molecule has 0 aliphatic heterocycles. The zero-order chi connectivity index (χ0) is 13.5. The molecule has 1 aromatic rings. The molecule has 1 aromatic carbocycles.